The lowest BCUT2D eigenvalue weighted by Gasteiger charge is -2.27. The van der Waals surface area contributed by atoms with Gasteiger partial charge in [-0.3, -0.25) is 24.1 Å². The Labute approximate surface area is 133 Å². The Hall–Kier alpha value is -2.73. The molecule has 0 saturated heterocycles. The second kappa shape index (κ2) is 6.18. The lowest BCUT2D eigenvalue weighted by atomic mass is 9.94. The number of hydrogen-bond donors (Lipinski definition) is 1. The van der Waals surface area contributed by atoms with Crippen molar-refractivity contribution >= 4 is 28.5 Å². The van der Waals surface area contributed by atoms with E-state index in [1.807, 2.05) is 12.1 Å². The summed E-state index contributed by atoms with van der Waals surface area (Å²) in [5.74, 6) is -0.912. The Morgan fingerprint density at radius 3 is 2.26 bits per heavy atom. The van der Waals surface area contributed by atoms with Crippen molar-refractivity contribution in [3.05, 3.63) is 47.5 Å². The minimum Gasteiger partial charge on any atom is -0.277 e. The maximum absolute atomic E-state index is 12.6. The maximum atomic E-state index is 12.6. The van der Waals surface area contributed by atoms with Crippen molar-refractivity contribution in [1.29, 1.82) is 0 Å². The molecule has 0 aromatic heterocycles. The second-order valence-electron chi connectivity index (χ2n) is 5.30. The van der Waals surface area contributed by atoms with Crippen LogP contribution in [0.2, 0.25) is 0 Å². The van der Waals surface area contributed by atoms with Crippen molar-refractivity contribution < 1.29 is 19.2 Å². The minimum absolute atomic E-state index is 0.177. The number of nitrogens with one attached hydrogen (secondary N) is 1. The molecule has 0 saturated carbocycles. The van der Waals surface area contributed by atoms with Crippen LogP contribution in [-0.4, -0.2) is 36.3 Å². The maximum Gasteiger partial charge on any atom is 0.261 e. The topological polar surface area (TPSA) is 75.7 Å². The summed E-state index contributed by atoms with van der Waals surface area (Å²) in [7, 11) is 1.35. The van der Waals surface area contributed by atoms with Crippen molar-refractivity contribution in [2.75, 3.05) is 13.7 Å². The zero-order chi connectivity index (χ0) is 16.4. The molecule has 1 aliphatic rings. The number of nitrogens with zero attached hydrogens (tertiary/aromatic N) is 1. The van der Waals surface area contributed by atoms with E-state index in [4.69, 9.17) is 0 Å². The summed E-state index contributed by atoms with van der Waals surface area (Å²) in [5.41, 5.74) is 3.26. The van der Waals surface area contributed by atoms with Crippen molar-refractivity contribution in [2.45, 2.75) is 12.8 Å². The van der Waals surface area contributed by atoms with Crippen LogP contribution in [0.1, 0.15) is 33.6 Å². The first-order valence-corrected chi connectivity index (χ1v) is 7.33. The number of rotatable bonds is 5. The molecule has 2 aromatic rings. The van der Waals surface area contributed by atoms with E-state index in [1.54, 1.807) is 24.3 Å². The van der Waals surface area contributed by atoms with E-state index in [0.717, 1.165) is 5.39 Å². The molecule has 0 fully saturated rings. The lowest BCUT2D eigenvalue weighted by Crippen LogP contribution is -2.41. The summed E-state index contributed by atoms with van der Waals surface area (Å²) >= 11 is 0. The standard InChI is InChI=1S/C17H16N2O4/c1-23-18-14(20)9-4-10-19-16(21)12-7-2-5-11-6-3-8-13(15(11)12)17(19)22/h2-3,5-8H,4,9-10H2,1H3,(H,18,20). The molecule has 6 nitrogen and oxygen atoms in total. The average Bonchev–Trinajstić information content (AvgIpc) is 2.56. The van der Waals surface area contributed by atoms with Gasteiger partial charge in [0.25, 0.3) is 11.8 Å². The summed E-state index contributed by atoms with van der Waals surface area (Å²) in [6.45, 7) is 0.194. The number of benzene rings is 2. The summed E-state index contributed by atoms with van der Waals surface area (Å²) < 4.78 is 0. The van der Waals surface area contributed by atoms with E-state index < -0.39 is 0 Å². The van der Waals surface area contributed by atoms with Crippen LogP contribution in [0.5, 0.6) is 0 Å². The molecule has 3 rings (SSSR count). The van der Waals surface area contributed by atoms with Gasteiger partial charge in [-0.15, -0.1) is 0 Å². The van der Waals surface area contributed by atoms with Crippen molar-refractivity contribution in [1.82, 2.24) is 10.4 Å². The molecule has 6 heteroatoms. The molecule has 0 spiro atoms. The molecule has 118 valence electrons. The summed E-state index contributed by atoms with van der Waals surface area (Å²) in [6, 6.07) is 10.8. The van der Waals surface area contributed by atoms with E-state index >= 15 is 0 Å². The van der Waals surface area contributed by atoms with E-state index in [-0.39, 0.29) is 30.7 Å². The highest BCUT2D eigenvalue weighted by molar-refractivity contribution is 6.25. The fraction of sp³-hybridized carbons (Fsp3) is 0.235. The van der Waals surface area contributed by atoms with Gasteiger partial charge in [-0.2, -0.15) is 0 Å². The van der Waals surface area contributed by atoms with Gasteiger partial charge in [0.15, 0.2) is 0 Å². The quantitative estimate of drug-likeness (QED) is 0.676. The Balaban J connectivity index is 1.84. The van der Waals surface area contributed by atoms with E-state index in [0.29, 0.717) is 22.9 Å². The number of carbonyl (C=O) groups is 3. The molecule has 1 heterocycles. The highest BCUT2D eigenvalue weighted by Gasteiger charge is 2.32. The second-order valence-corrected chi connectivity index (χ2v) is 5.30. The first-order chi connectivity index (χ1) is 11.1. The number of hydroxylamine groups is 1. The minimum atomic E-state index is -0.313. The molecule has 1 N–H and O–H groups in total. The molecule has 0 radical (unpaired) electrons. The van der Waals surface area contributed by atoms with Gasteiger partial charge in [0.2, 0.25) is 5.91 Å². The van der Waals surface area contributed by atoms with Gasteiger partial charge in [0.05, 0.1) is 7.11 Å². The van der Waals surface area contributed by atoms with Gasteiger partial charge in [0.1, 0.15) is 0 Å². The van der Waals surface area contributed by atoms with Crippen LogP contribution in [0.15, 0.2) is 36.4 Å². The van der Waals surface area contributed by atoms with Crippen molar-refractivity contribution in [3.8, 4) is 0 Å². The summed E-state index contributed by atoms with van der Waals surface area (Å²) in [6.07, 6.45) is 0.557. The molecule has 3 amide bonds. The van der Waals surface area contributed by atoms with Gasteiger partial charge in [-0.1, -0.05) is 24.3 Å². The lowest BCUT2D eigenvalue weighted by molar-refractivity contribution is -0.131. The average molecular weight is 312 g/mol. The predicted molar refractivity (Wildman–Crippen MR) is 83.7 cm³/mol. The summed E-state index contributed by atoms with van der Waals surface area (Å²) in [4.78, 5) is 42.3. The SMILES string of the molecule is CONC(=O)CCCN1C(=O)c2cccc3cccc(c23)C1=O. The molecular formula is C17H16N2O4. The van der Waals surface area contributed by atoms with Crippen LogP contribution in [-0.2, 0) is 9.63 Å². The number of imide groups is 1. The van der Waals surface area contributed by atoms with Crippen LogP contribution in [0.3, 0.4) is 0 Å². The van der Waals surface area contributed by atoms with E-state index in [9.17, 15) is 14.4 Å². The monoisotopic (exact) mass is 312 g/mol. The van der Waals surface area contributed by atoms with Crippen LogP contribution in [0.4, 0.5) is 0 Å². The fourth-order valence-corrected chi connectivity index (χ4v) is 2.85. The first-order valence-electron chi connectivity index (χ1n) is 7.33. The highest BCUT2D eigenvalue weighted by atomic mass is 16.6. The van der Waals surface area contributed by atoms with Crippen LogP contribution >= 0.6 is 0 Å². The highest BCUT2D eigenvalue weighted by Crippen LogP contribution is 2.29. The third kappa shape index (κ3) is 2.68. The largest absolute Gasteiger partial charge is 0.277 e. The van der Waals surface area contributed by atoms with Crippen LogP contribution in [0.25, 0.3) is 10.8 Å². The fourth-order valence-electron chi connectivity index (χ4n) is 2.85. The molecule has 0 atom stereocenters. The Kier molecular flexibility index (Phi) is 4.08. The van der Waals surface area contributed by atoms with Crippen LogP contribution < -0.4 is 5.48 Å². The Morgan fingerprint density at radius 1 is 1.09 bits per heavy atom. The molecular weight excluding hydrogens is 296 g/mol. The van der Waals surface area contributed by atoms with Gasteiger partial charge < -0.3 is 0 Å². The predicted octanol–water partition coefficient (Wildman–Crippen LogP) is 1.89. The molecule has 0 unspecified atom stereocenters. The zero-order valence-corrected chi connectivity index (χ0v) is 12.7. The normalized spacial score (nSPS) is 13.5. The first kappa shape index (κ1) is 15.2. The molecule has 0 bridgehead atoms. The van der Waals surface area contributed by atoms with Crippen molar-refractivity contribution in [3.63, 3.8) is 0 Å². The smallest absolute Gasteiger partial charge is 0.261 e. The molecule has 1 aliphatic heterocycles. The molecule has 0 aliphatic carbocycles. The number of hydrogen-bond acceptors (Lipinski definition) is 4. The zero-order valence-electron chi connectivity index (χ0n) is 12.7. The van der Waals surface area contributed by atoms with E-state index in [2.05, 4.69) is 10.3 Å². The van der Waals surface area contributed by atoms with Crippen LogP contribution in [0, 0.1) is 0 Å². The third-order valence-corrected chi connectivity index (χ3v) is 3.86. The summed E-state index contributed by atoms with van der Waals surface area (Å²) in [5, 5.41) is 1.58. The van der Waals surface area contributed by atoms with E-state index in [1.165, 1.54) is 12.0 Å². The van der Waals surface area contributed by atoms with Gasteiger partial charge in [-0.25, -0.2) is 5.48 Å². The molecule has 2 aromatic carbocycles. The van der Waals surface area contributed by atoms with Gasteiger partial charge in [0, 0.05) is 29.5 Å². The number of amides is 3. The Bertz CT molecular complexity index is 750. The Morgan fingerprint density at radius 2 is 1.70 bits per heavy atom. The molecule has 23 heavy (non-hydrogen) atoms. The van der Waals surface area contributed by atoms with Gasteiger partial charge >= 0.3 is 0 Å². The third-order valence-electron chi connectivity index (χ3n) is 3.86. The van der Waals surface area contributed by atoms with Gasteiger partial charge in [-0.05, 0) is 23.9 Å². The van der Waals surface area contributed by atoms with Crippen molar-refractivity contribution in [2.24, 2.45) is 0 Å². The number of carbonyl (C=O) groups excluding carboxylic acids is 3.